The maximum atomic E-state index is 12.6. The molecule has 0 aliphatic carbocycles. The van der Waals surface area contributed by atoms with Gasteiger partial charge in [0.05, 0.1) is 12.6 Å². The number of nitrogens with zero attached hydrogens (tertiary/aromatic N) is 2. The molecule has 0 saturated carbocycles. The zero-order valence-corrected chi connectivity index (χ0v) is 15.0. The van der Waals surface area contributed by atoms with Gasteiger partial charge < -0.3 is 14.4 Å². The number of rotatable bonds is 3. The van der Waals surface area contributed by atoms with Crippen LogP contribution in [0.25, 0.3) is 0 Å². The average Bonchev–Trinajstić information content (AvgIpc) is 2.72. The fourth-order valence-corrected chi connectivity index (χ4v) is 2.80. The van der Waals surface area contributed by atoms with E-state index in [0.717, 1.165) is 5.69 Å². The summed E-state index contributed by atoms with van der Waals surface area (Å²) in [7, 11) is 2.02. The highest BCUT2D eigenvalue weighted by atomic mass is 16.6. The Labute approximate surface area is 139 Å². The SMILES string of the molecule is CN(CC1COC(C)(C)N1C(=O)OC(C)(C)C)c1ccccc1. The van der Waals surface area contributed by atoms with Crippen molar-refractivity contribution in [2.45, 2.75) is 52.0 Å². The molecule has 0 aromatic heterocycles. The van der Waals surface area contributed by atoms with Crippen LogP contribution >= 0.6 is 0 Å². The van der Waals surface area contributed by atoms with Crippen molar-refractivity contribution < 1.29 is 14.3 Å². The van der Waals surface area contributed by atoms with E-state index in [4.69, 9.17) is 9.47 Å². The molecular formula is C18H28N2O3. The van der Waals surface area contributed by atoms with Crippen LogP contribution in [0.2, 0.25) is 0 Å². The zero-order chi connectivity index (χ0) is 17.3. The fraction of sp³-hybridized carbons (Fsp3) is 0.611. The molecule has 1 unspecified atom stereocenters. The van der Waals surface area contributed by atoms with Crippen molar-refractivity contribution in [2.75, 3.05) is 25.1 Å². The van der Waals surface area contributed by atoms with Crippen LogP contribution in [0, 0.1) is 0 Å². The second-order valence-electron chi connectivity index (χ2n) is 7.48. The van der Waals surface area contributed by atoms with Crippen molar-refractivity contribution in [3.8, 4) is 0 Å². The molecule has 1 aromatic carbocycles. The van der Waals surface area contributed by atoms with Crippen molar-refractivity contribution in [3.63, 3.8) is 0 Å². The molecule has 1 aliphatic heterocycles. The van der Waals surface area contributed by atoms with E-state index < -0.39 is 11.3 Å². The summed E-state index contributed by atoms with van der Waals surface area (Å²) in [5.74, 6) is 0. The Kier molecular flexibility index (Phi) is 4.90. The Balaban J connectivity index is 2.12. The van der Waals surface area contributed by atoms with Crippen molar-refractivity contribution in [3.05, 3.63) is 30.3 Å². The summed E-state index contributed by atoms with van der Waals surface area (Å²) in [5.41, 5.74) is -0.0720. The highest BCUT2D eigenvalue weighted by Crippen LogP contribution is 2.30. The van der Waals surface area contributed by atoms with Crippen LogP contribution in [0.4, 0.5) is 10.5 Å². The van der Waals surface area contributed by atoms with E-state index >= 15 is 0 Å². The number of carbonyl (C=O) groups is 1. The molecule has 1 saturated heterocycles. The highest BCUT2D eigenvalue weighted by molar-refractivity contribution is 5.70. The van der Waals surface area contributed by atoms with E-state index in [2.05, 4.69) is 17.0 Å². The third kappa shape index (κ3) is 4.38. The lowest BCUT2D eigenvalue weighted by atomic mass is 10.2. The highest BCUT2D eigenvalue weighted by Gasteiger charge is 2.45. The molecule has 23 heavy (non-hydrogen) atoms. The van der Waals surface area contributed by atoms with Crippen LogP contribution in [-0.2, 0) is 9.47 Å². The molecule has 128 valence electrons. The lowest BCUT2D eigenvalue weighted by Crippen LogP contribution is -2.52. The molecule has 1 atom stereocenters. The van der Waals surface area contributed by atoms with Gasteiger partial charge in [-0.2, -0.15) is 0 Å². The molecule has 0 radical (unpaired) electrons. The minimum Gasteiger partial charge on any atom is -0.444 e. The summed E-state index contributed by atoms with van der Waals surface area (Å²) in [6, 6.07) is 10.1. The van der Waals surface area contributed by atoms with Crippen LogP contribution in [0.3, 0.4) is 0 Å². The smallest absolute Gasteiger partial charge is 0.412 e. The minimum absolute atomic E-state index is 0.0509. The van der Waals surface area contributed by atoms with Crippen LogP contribution in [-0.4, -0.2) is 48.6 Å². The average molecular weight is 320 g/mol. The van der Waals surface area contributed by atoms with Crippen LogP contribution in [0.1, 0.15) is 34.6 Å². The summed E-state index contributed by atoms with van der Waals surface area (Å²) >= 11 is 0. The van der Waals surface area contributed by atoms with Gasteiger partial charge in [0.15, 0.2) is 0 Å². The van der Waals surface area contributed by atoms with Gasteiger partial charge in [0, 0.05) is 19.3 Å². The van der Waals surface area contributed by atoms with Crippen molar-refractivity contribution in [1.29, 1.82) is 0 Å². The van der Waals surface area contributed by atoms with Gasteiger partial charge in [0.1, 0.15) is 11.3 Å². The number of hydrogen-bond donors (Lipinski definition) is 0. The largest absolute Gasteiger partial charge is 0.444 e. The lowest BCUT2D eigenvalue weighted by molar-refractivity contribution is -0.0621. The number of para-hydroxylation sites is 1. The van der Waals surface area contributed by atoms with Gasteiger partial charge in [-0.1, -0.05) is 18.2 Å². The van der Waals surface area contributed by atoms with E-state index in [1.165, 1.54) is 0 Å². The lowest BCUT2D eigenvalue weighted by Gasteiger charge is -2.36. The topological polar surface area (TPSA) is 42.0 Å². The molecule has 2 rings (SSSR count). The predicted molar refractivity (Wildman–Crippen MR) is 91.6 cm³/mol. The number of anilines is 1. The summed E-state index contributed by atoms with van der Waals surface area (Å²) in [5, 5.41) is 0. The van der Waals surface area contributed by atoms with E-state index in [1.807, 2.05) is 59.9 Å². The first-order valence-corrected chi connectivity index (χ1v) is 8.02. The van der Waals surface area contributed by atoms with E-state index in [1.54, 1.807) is 4.90 Å². The first-order valence-electron chi connectivity index (χ1n) is 8.02. The van der Waals surface area contributed by atoms with Crippen LogP contribution in [0.15, 0.2) is 30.3 Å². The Hall–Kier alpha value is -1.75. The van der Waals surface area contributed by atoms with Gasteiger partial charge in [-0.3, -0.25) is 4.90 Å². The molecule has 5 heteroatoms. The maximum absolute atomic E-state index is 12.6. The third-order valence-corrected chi connectivity index (χ3v) is 3.85. The number of hydrogen-bond acceptors (Lipinski definition) is 4. The quantitative estimate of drug-likeness (QED) is 0.855. The maximum Gasteiger partial charge on any atom is 0.412 e. The number of carbonyl (C=O) groups excluding carboxylic acids is 1. The monoisotopic (exact) mass is 320 g/mol. The molecule has 5 nitrogen and oxygen atoms in total. The summed E-state index contributed by atoms with van der Waals surface area (Å²) < 4.78 is 11.4. The standard InChI is InChI=1S/C18H28N2O3/c1-17(2,3)23-16(21)20-15(13-22-18(20,4)5)12-19(6)14-10-8-7-9-11-14/h7-11,15H,12-13H2,1-6H3. The molecule has 1 amide bonds. The number of likely N-dealkylation sites (N-methyl/N-ethyl adjacent to an activating group) is 1. The minimum atomic E-state index is -0.662. The zero-order valence-electron chi connectivity index (χ0n) is 15.0. The summed E-state index contributed by atoms with van der Waals surface area (Å²) in [6.45, 7) is 10.6. The molecule has 0 spiro atoms. The Bertz CT molecular complexity index is 537. The van der Waals surface area contributed by atoms with Gasteiger partial charge in [0.2, 0.25) is 0 Å². The Morgan fingerprint density at radius 1 is 1.35 bits per heavy atom. The van der Waals surface area contributed by atoms with Crippen LogP contribution in [0.5, 0.6) is 0 Å². The molecule has 0 N–H and O–H groups in total. The summed E-state index contributed by atoms with van der Waals surface area (Å²) in [4.78, 5) is 16.5. The third-order valence-electron chi connectivity index (χ3n) is 3.85. The van der Waals surface area contributed by atoms with Gasteiger partial charge in [-0.25, -0.2) is 4.79 Å². The summed E-state index contributed by atoms with van der Waals surface area (Å²) in [6.07, 6.45) is -0.327. The van der Waals surface area contributed by atoms with Crippen molar-refractivity contribution >= 4 is 11.8 Å². The van der Waals surface area contributed by atoms with Gasteiger partial charge in [-0.05, 0) is 46.8 Å². The number of benzene rings is 1. The first kappa shape index (κ1) is 17.6. The second kappa shape index (κ2) is 6.40. The second-order valence-corrected chi connectivity index (χ2v) is 7.48. The van der Waals surface area contributed by atoms with Crippen molar-refractivity contribution in [1.82, 2.24) is 4.90 Å². The van der Waals surface area contributed by atoms with Gasteiger partial charge in [-0.15, -0.1) is 0 Å². The predicted octanol–water partition coefficient (Wildman–Crippen LogP) is 3.49. The molecule has 1 heterocycles. The van der Waals surface area contributed by atoms with E-state index in [0.29, 0.717) is 13.2 Å². The van der Waals surface area contributed by atoms with Gasteiger partial charge >= 0.3 is 6.09 Å². The van der Waals surface area contributed by atoms with Gasteiger partial charge in [0.25, 0.3) is 0 Å². The molecule has 1 aromatic rings. The van der Waals surface area contributed by atoms with E-state index in [9.17, 15) is 4.79 Å². The molecular weight excluding hydrogens is 292 g/mol. The number of amides is 1. The van der Waals surface area contributed by atoms with E-state index in [-0.39, 0.29) is 12.1 Å². The first-order chi connectivity index (χ1) is 10.6. The normalized spacial score (nSPS) is 20.4. The van der Waals surface area contributed by atoms with Crippen LogP contribution < -0.4 is 4.90 Å². The number of ether oxygens (including phenoxy) is 2. The Morgan fingerprint density at radius 3 is 2.52 bits per heavy atom. The molecule has 0 bridgehead atoms. The Morgan fingerprint density at radius 2 is 1.96 bits per heavy atom. The molecule has 1 aliphatic rings. The van der Waals surface area contributed by atoms with Crippen molar-refractivity contribution in [2.24, 2.45) is 0 Å². The fourth-order valence-electron chi connectivity index (χ4n) is 2.80. The molecule has 1 fully saturated rings.